The van der Waals surface area contributed by atoms with Gasteiger partial charge in [-0.25, -0.2) is 4.57 Å². The Bertz CT molecular complexity index is 1150. The number of phosphoric acid groups is 1. The molecule has 1 aliphatic rings. The maximum Gasteiger partial charge on any atom is 0.472 e. The third kappa shape index (κ3) is 26.7. The molecule has 0 radical (unpaired) electrons. The molecule has 1 saturated carbocycles. The van der Waals surface area contributed by atoms with Gasteiger partial charge in [-0.05, 0) is 64.2 Å². The Morgan fingerprint density at radius 3 is 1.49 bits per heavy atom. The summed E-state index contributed by atoms with van der Waals surface area (Å²) in [6, 6.07) is 0. The predicted molar refractivity (Wildman–Crippen MR) is 221 cm³/mol. The number of rotatable bonds is 35. The number of esters is 2. The molecule has 1 fully saturated rings. The van der Waals surface area contributed by atoms with Crippen LogP contribution in [0, 0.1) is 0 Å². The number of hydrogen-bond acceptors (Lipinski definition) is 12. The van der Waals surface area contributed by atoms with Crippen LogP contribution >= 0.6 is 7.82 Å². The summed E-state index contributed by atoms with van der Waals surface area (Å²) in [5.41, 5.74) is 0. The number of carbonyl (C=O) groups excluding carboxylic acids is 2. The standard InChI is InChI=1S/C43H77O13P/c1-3-5-7-9-11-13-15-17-19-21-23-25-27-29-31-36(44)53-33-35(34-54-57(51,52)56-43-41(49)39(47)38(46)40(48)42(43)50)55-37(45)32-30-28-26-24-22-20-18-16-14-12-10-8-6-4-2/h9,11,15-18,35,38-43,46-50H,3-8,10,12-14,19-34H2,1-2H3,(H,51,52)/b11-9+,17-15+,18-16+/t35-,38?,39-,40?,41?,42?,43?/m1/s1. The molecule has 0 aliphatic heterocycles. The molecule has 0 aromatic heterocycles. The van der Waals surface area contributed by atoms with Crippen molar-refractivity contribution in [1.82, 2.24) is 0 Å². The number of allylic oxidation sites excluding steroid dienone is 6. The van der Waals surface area contributed by atoms with Crippen LogP contribution in [-0.4, -0.2) is 98.3 Å². The summed E-state index contributed by atoms with van der Waals surface area (Å²) in [5.74, 6) is -1.13. The third-order valence-electron chi connectivity index (χ3n) is 9.95. The first-order valence-corrected chi connectivity index (χ1v) is 23.3. The van der Waals surface area contributed by atoms with E-state index in [-0.39, 0.29) is 12.8 Å². The second-order valence-corrected chi connectivity index (χ2v) is 16.6. The molecule has 0 saturated heterocycles. The highest BCUT2D eigenvalue weighted by molar-refractivity contribution is 7.47. The predicted octanol–water partition coefficient (Wildman–Crippen LogP) is 7.83. The summed E-state index contributed by atoms with van der Waals surface area (Å²) in [7, 11) is -5.12. The van der Waals surface area contributed by atoms with Crippen molar-refractivity contribution in [3.63, 3.8) is 0 Å². The van der Waals surface area contributed by atoms with Crippen LogP contribution in [0.1, 0.15) is 168 Å². The molecule has 0 amide bonds. The van der Waals surface area contributed by atoms with E-state index in [0.717, 1.165) is 83.5 Å². The summed E-state index contributed by atoms with van der Waals surface area (Å²) in [4.78, 5) is 35.6. The Morgan fingerprint density at radius 1 is 0.544 bits per heavy atom. The van der Waals surface area contributed by atoms with E-state index in [0.29, 0.717) is 12.8 Å². The zero-order valence-corrected chi connectivity index (χ0v) is 35.8. The normalized spacial score (nSPS) is 23.0. The lowest BCUT2D eigenvalue weighted by molar-refractivity contribution is -0.220. The number of aliphatic hydroxyl groups excluding tert-OH is 5. The van der Waals surface area contributed by atoms with Gasteiger partial charge in [0, 0.05) is 12.8 Å². The maximum atomic E-state index is 12.8. The fourth-order valence-corrected chi connectivity index (χ4v) is 7.33. The van der Waals surface area contributed by atoms with Gasteiger partial charge < -0.3 is 39.9 Å². The zero-order chi connectivity index (χ0) is 42.2. The van der Waals surface area contributed by atoms with E-state index in [9.17, 15) is 44.6 Å². The molecular formula is C43H77O13P. The van der Waals surface area contributed by atoms with Crippen LogP contribution in [0.5, 0.6) is 0 Å². The molecule has 8 atom stereocenters. The molecule has 0 aromatic rings. The van der Waals surface area contributed by atoms with Crippen molar-refractivity contribution in [1.29, 1.82) is 0 Å². The molecule has 6 unspecified atom stereocenters. The topological polar surface area (TPSA) is 210 Å². The van der Waals surface area contributed by atoms with Crippen molar-refractivity contribution in [2.24, 2.45) is 0 Å². The van der Waals surface area contributed by atoms with Crippen LogP contribution in [-0.2, 0) is 32.7 Å². The Hall–Kier alpha value is -1.93. The summed E-state index contributed by atoms with van der Waals surface area (Å²) in [5, 5.41) is 50.0. The lowest BCUT2D eigenvalue weighted by atomic mass is 9.85. The molecule has 1 rings (SSSR count). The third-order valence-corrected chi connectivity index (χ3v) is 10.9. The molecule has 0 aromatic carbocycles. The average molecular weight is 833 g/mol. The second-order valence-electron chi connectivity index (χ2n) is 15.2. The van der Waals surface area contributed by atoms with E-state index in [4.69, 9.17) is 18.5 Å². The lowest BCUT2D eigenvalue weighted by Crippen LogP contribution is -2.64. The largest absolute Gasteiger partial charge is 0.472 e. The van der Waals surface area contributed by atoms with Gasteiger partial charge in [-0.15, -0.1) is 0 Å². The zero-order valence-electron chi connectivity index (χ0n) is 34.9. The van der Waals surface area contributed by atoms with Crippen molar-refractivity contribution < 1.29 is 63.1 Å². The quantitative estimate of drug-likeness (QED) is 0.0156. The molecule has 0 bridgehead atoms. The van der Waals surface area contributed by atoms with Crippen molar-refractivity contribution >= 4 is 19.8 Å². The SMILES string of the molecule is CCCC/C=C/C/C=C/CCCCCCCC(=O)OC[C@H](COP(=O)(O)OC1C(O)C(O)C(O)[C@@H](O)C1O)OC(=O)CCCCCCC/C=C/CCCCCCC. The van der Waals surface area contributed by atoms with E-state index < -0.39 is 75.7 Å². The maximum absolute atomic E-state index is 12.8. The van der Waals surface area contributed by atoms with Gasteiger partial charge >= 0.3 is 19.8 Å². The minimum absolute atomic E-state index is 0.0834. The van der Waals surface area contributed by atoms with Gasteiger partial charge in [-0.3, -0.25) is 18.6 Å². The van der Waals surface area contributed by atoms with Gasteiger partial charge in [-0.1, -0.05) is 127 Å². The fraction of sp³-hybridized carbons (Fsp3) is 0.814. The van der Waals surface area contributed by atoms with Gasteiger partial charge in [-0.2, -0.15) is 0 Å². The molecule has 1 aliphatic carbocycles. The van der Waals surface area contributed by atoms with Crippen molar-refractivity contribution in [3.8, 4) is 0 Å². The van der Waals surface area contributed by atoms with Crippen molar-refractivity contribution in [2.75, 3.05) is 13.2 Å². The van der Waals surface area contributed by atoms with Crippen LogP contribution in [0.3, 0.4) is 0 Å². The molecule has 57 heavy (non-hydrogen) atoms. The molecule has 13 nitrogen and oxygen atoms in total. The van der Waals surface area contributed by atoms with Crippen LogP contribution in [0.15, 0.2) is 36.5 Å². The van der Waals surface area contributed by atoms with Crippen molar-refractivity contribution in [3.05, 3.63) is 36.5 Å². The van der Waals surface area contributed by atoms with Gasteiger partial charge in [0.25, 0.3) is 0 Å². The average Bonchev–Trinajstić information content (AvgIpc) is 3.19. The van der Waals surface area contributed by atoms with Crippen LogP contribution in [0.4, 0.5) is 0 Å². The first-order valence-electron chi connectivity index (χ1n) is 21.8. The molecule has 6 N–H and O–H groups in total. The summed E-state index contributed by atoms with van der Waals surface area (Å²) < 4.78 is 33.4. The van der Waals surface area contributed by atoms with Crippen LogP contribution in [0.2, 0.25) is 0 Å². The van der Waals surface area contributed by atoms with E-state index in [2.05, 4.69) is 50.3 Å². The number of unbranched alkanes of at least 4 members (excludes halogenated alkanes) is 17. The smallest absolute Gasteiger partial charge is 0.462 e. The summed E-state index contributed by atoms with van der Waals surface area (Å²) >= 11 is 0. The van der Waals surface area contributed by atoms with E-state index >= 15 is 0 Å². The summed E-state index contributed by atoms with van der Waals surface area (Å²) in [6.45, 7) is 3.21. The van der Waals surface area contributed by atoms with E-state index in [1.165, 1.54) is 44.9 Å². The Kier molecular flexibility index (Phi) is 31.5. The van der Waals surface area contributed by atoms with E-state index in [1.54, 1.807) is 0 Å². The van der Waals surface area contributed by atoms with Gasteiger partial charge in [0.15, 0.2) is 6.10 Å². The lowest BCUT2D eigenvalue weighted by Gasteiger charge is -2.41. The Balaban J connectivity index is 2.51. The van der Waals surface area contributed by atoms with Crippen molar-refractivity contribution in [2.45, 2.75) is 211 Å². The number of aliphatic hydroxyl groups is 5. The fourth-order valence-electron chi connectivity index (χ4n) is 6.36. The number of phosphoric ester groups is 1. The highest BCUT2D eigenvalue weighted by atomic mass is 31.2. The molecule has 14 heteroatoms. The second kappa shape index (κ2) is 33.9. The first kappa shape index (κ1) is 53.1. The van der Waals surface area contributed by atoms with Gasteiger partial charge in [0.05, 0.1) is 6.61 Å². The number of carbonyl (C=O) groups is 2. The molecular weight excluding hydrogens is 755 g/mol. The monoisotopic (exact) mass is 833 g/mol. The first-order chi connectivity index (χ1) is 27.4. The minimum Gasteiger partial charge on any atom is -0.462 e. The minimum atomic E-state index is -5.12. The highest BCUT2D eigenvalue weighted by Gasteiger charge is 2.51. The Labute approximate surface area is 342 Å². The number of hydrogen-bond donors (Lipinski definition) is 6. The summed E-state index contributed by atoms with van der Waals surface area (Å²) in [6.07, 6.45) is 23.4. The molecule has 332 valence electrons. The van der Waals surface area contributed by atoms with Crippen LogP contribution < -0.4 is 0 Å². The van der Waals surface area contributed by atoms with Gasteiger partial charge in [0.2, 0.25) is 0 Å². The Morgan fingerprint density at radius 2 is 0.965 bits per heavy atom. The molecule has 0 heterocycles. The highest BCUT2D eigenvalue weighted by Crippen LogP contribution is 2.47. The molecule has 0 spiro atoms. The number of ether oxygens (including phenoxy) is 2. The van der Waals surface area contributed by atoms with Gasteiger partial charge in [0.1, 0.15) is 43.2 Å². The van der Waals surface area contributed by atoms with Crippen LogP contribution in [0.25, 0.3) is 0 Å². The van der Waals surface area contributed by atoms with E-state index in [1.807, 2.05) is 0 Å².